The van der Waals surface area contributed by atoms with E-state index in [0.29, 0.717) is 0 Å². The molecule has 0 fully saturated rings. The van der Waals surface area contributed by atoms with Crippen molar-refractivity contribution in [3.8, 4) is 33.0 Å². The van der Waals surface area contributed by atoms with Crippen molar-refractivity contribution >= 4 is 17.6 Å². The molecule has 0 atom stereocenters. The largest absolute Gasteiger partial charge is 0.411 e. The molecule has 5 heteroatoms. The third-order valence-corrected chi connectivity index (χ3v) is 5.10. The van der Waals surface area contributed by atoms with Gasteiger partial charge in [-0.3, -0.25) is 0 Å². The van der Waals surface area contributed by atoms with E-state index in [4.69, 9.17) is 10.2 Å². The number of nitrogens with zero attached hydrogens (tertiary/aromatic N) is 2. The fourth-order valence-electron chi connectivity index (χ4n) is 2.86. The lowest BCUT2D eigenvalue weighted by Crippen LogP contribution is -1.90. The van der Waals surface area contributed by atoms with Crippen molar-refractivity contribution < 1.29 is 9.60 Å². The summed E-state index contributed by atoms with van der Waals surface area (Å²) in [7, 11) is 0. The van der Waals surface area contributed by atoms with Crippen LogP contribution in [0.15, 0.2) is 83.3 Å². The van der Waals surface area contributed by atoms with Crippen molar-refractivity contribution in [2.75, 3.05) is 0 Å². The highest BCUT2D eigenvalue weighted by atomic mass is 32.1. The fourth-order valence-corrected chi connectivity index (χ4v) is 3.70. The van der Waals surface area contributed by atoms with Gasteiger partial charge in [-0.2, -0.15) is 0 Å². The highest BCUT2D eigenvalue weighted by Gasteiger charge is 2.09. The van der Waals surface area contributed by atoms with E-state index in [9.17, 15) is 4.39 Å². The number of halogens is 1. The molecule has 1 aromatic heterocycles. The third kappa shape index (κ3) is 3.64. The van der Waals surface area contributed by atoms with Crippen LogP contribution in [0.4, 0.5) is 4.39 Å². The van der Waals surface area contributed by atoms with Crippen LogP contribution in [0.2, 0.25) is 0 Å². The second-order valence-electron chi connectivity index (χ2n) is 5.97. The van der Waals surface area contributed by atoms with Crippen LogP contribution in [0.25, 0.3) is 33.0 Å². The van der Waals surface area contributed by atoms with E-state index >= 15 is 0 Å². The summed E-state index contributed by atoms with van der Waals surface area (Å²) in [5.41, 5.74) is 5.01. The smallest absolute Gasteiger partial charge is 0.132 e. The molecule has 0 amide bonds. The Morgan fingerprint density at radius 1 is 0.852 bits per heavy atom. The van der Waals surface area contributed by atoms with E-state index in [2.05, 4.69) is 5.16 Å². The van der Waals surface area contributed by atoms with Gasteiger partial charge in [0.05, 0.1) is 11.9 Å². The second kappa shape index (κ2) is 7.51. The van der Waals surface area contributed by atoms with Gasteiger partial charge in [-0.1, -0.05) is 59.8 Å². The zero-order chi connectivity index (χ0) is 18.6. The lowest BCUT2D eigenvalue weighted by Gasteiger charge is -2.06. The average molecular weight is 374 g/mol. The summed E-state index contributed by atoms with van der Waals surface area (Å²) in [5.74, 6) is -0.431. The first kappa shape index (κ1) is 17.1. The minimum absolute atomic E-state index is 0.237. The molecule has 0 aliphatic heterocycles. The summed E-state index contributed by atoms with van der Waals surface area (Å²) in [4.78, 5) is 4.75. The van der Waals surface area contributed by atoms with Crippen molar-refractivity contribution in [3.05, 3.63) is 89.6 Å². The molecule has 0 saturated carbocycles. The summed E-state index contributed by atoms with van der Waals surface area (Å²) < 4.78 is 13.8. The first-order valence-corrected chi connectivity index (χ1v) is 9.21. The van der Waals surface area contributed by atoms with Crippen LogP contribution in [0.5, 0.6) is 0 Å². The fraction of sp³-hybridized carbons (Fsp3) is 0. The zero-order valence-corrected chi connectivity index (χ0v) is 15.0. The number of aromatic nitrogens is 1. The Labute approximate surface area is 160 Å². The topological polar surface area (TPSA) is 45.5 Å². The van der Waals surface area contributed by atoms with Gasteiger partial charge in [-0.05, 0) is 29.3 Å². The van der Waals surface area contributed by atoms with Crippen LogP contribution in [-0.4, -0.2) is 16.4 Å². The maximum Gasteiger partial charge on any atom is 0.132 e. The molecule has 0 bridgehead atoms. The molecule has 0 radical (unpaired) electrons. The Kier molecular flexibility index (Phi) is 4.77. The van der Waals surface area contributed by atoms with Crippen LogP contribution in [-0.2, 0) is 0 Å². The summed E-state index contributed by atoms with van der Waals surface area (Å²) >= 11 is 1.60. The molecular weight excluding hydrogens is 359 g/mol. The maximum atomic E-state index is 13.8. The minimum atomic E-state index is -0.431. The molecule has 1 N–H and O–H groups in total. The van der Waals surface area contributed by atoms with E-state index in [1.807, 2.05) is 60.0 Å². The molecule has 0 unspecified atom stereocenters. The molecular formula is C22H15FN2OS. The lowest BCUT2D eigenvalue weighted by molar-refractivity contribution is 0.321. The normalized spacial score (nSPS) is 11.1. The summed E-state index contributed by atoms with van der Waals surface area (Å²) in [6.07, 6.45) is 1.09. The van der Waals surface area contributed by atoms with Gasteiger partial charge in [0.1, 0.15) is 10.8 Å². The van der Waals surface area contributed by atoms with Crippen LogP contribution in [0.3, 0.4) is 0 Å². The van der Waals surface area contributed by atoms with Gasteiger partial charge in [0.2, 0.25) is 0 Å². The van der Waals surface area contributed by atoms with Gasteiger partial charge in [0.15, 0.2) is 0 Å². The Bertz CT molecular complexity index is 1110. The highest BCUT2D eigenvalue weighted by Crippen LogP contribution is 2.31. The molecule has 0 aliphatic carbocycles. The van der Waals surface area contributed by atoms with Crippen molar-refractivity contribution in [1.29, 1.82) is 0 Å². The lowest BCUT2D eigenvalue weighted by atomic mass is 10.0. The van der Waals surface area contributed by atoms with Crippen LogP contribution >= 0.6 is 11.3 Å². The Hall–Kier alpha value is -3.31. The van der Waals surface area contributed by atoms with Gasteiger partial charge >= 0.3 is 0 Å². The highest BCUT2D eigenvalue weighted by molar-refractivity contribution is 7.13. The average Bonchev–Trinajstić information content (AvgIpc) is 3.21. The molecule has 1 heterocycles. The number of hydrogen-bond acceptors (Lipinski definition) is 4. The number of oxime groups is 1. The number of hydrogen-bond donors (Lipinski definition) is 1. The molecule has 3 aromatic carbocycles. The first-order chi connectivity index (χ1) is 13.2. The van der Waals surface area contributed by atoms with Gasteiger partial charge < -0.3 is 5.21 Å². The van der Waals surface area contributed by atoms with Gasteiger partial charge in [-0.25, -0.2) is 9.37 Å². The molecule has 0 aliphatic rings. The predicted molar refractivity (Wildman–Crippen MR) is 108 cm³/mol. The van der Waals surface area contributed by atoms with Crippen molar-refractivity contribution in [2.24, 2.45) is 5.16 Å². The van der Waals surface area contributed by atoms with Gasteiger partial charge in [0, 0.05) is 22.1 Å². The Morgan fingerprint density at radius 2 is 1.59 bits per heavy atom. The number of benzene rings is 3. The molecule has 132 valence electrons. The monoisotopic (exact) mass is 374 g/mol. The molecule has 4 rings (SSSR count). The maximum absolute atomic E-state index is 13.8. The van der Waals surface area contributed by atoms with Crippen molar-refractivity contribution in [1.82, 2.24) is 4.98 Å². The van der Waals surface area contributed by atoms with E-state index in [1.165, 1.54) is 6.07 Å². The van der Waals surface area contributed by atoms with E-state index in [0.717, 1.165) is 39.2 Å². The number of rotatable bonds is 4. The molecule has 3 nitrogen and oxygen atoms in total. The summed E-state index contributed by atoms with van der Waals surface area (Å²) in [6.45, 7) is 0. The SMILES string of the molecule is O/N=C\c1cc(-c2cccc(-c3csc(-c4ccccc4)n3)c2)ccc1F. The predicted octanol–water partition coefficient (Wildman–Crippen LogP) is 6.09. The summed E-state index contributed by atoms with van der Waals surface area (Å²) in [6, 6.07) is 22.8. The van der Waals surface area contributed by atoms with E-state index in [1.54, 1.807) is 23.5 Å². The Morgan fingerprint density at radius 3 is 2.41 bits per heavy atom. The number of thiazole rings is 1. The molecule has 0 spiro atoms. The second-order valence-corrected chi connectivity index (χ2v) is 6.82. The van der Waals surface area contributed by atoms with E-state index < -0.39 is 5.82 Å². The molecule has 27 heavy (non-hydrogen) atoms. The van der Waals surface area contributed by atoms with Crippen LogP contribution in [0.1, 0.15) is 5.56 Å². The van der Waals surface area contributed by atoms with Crippen LogP contribution < -0.4 is 0 Å². The Balaban J connectivity index is 1.70. The quantitative estimate of drug-likeness (QED) is 0.267. The first-order valence-electron chi connectivity index (χ1n) is 8.33. The van der Waals surface area contributed by atoms with Gasteiger partial charge in [-0.15, -0.1) is 11.3 Å². The zero-order valence-electron chi connectivity index (χ0n) is 14.2. The van der Waals surface area contributed by atoms with E-state index in [-0.39, 0.29) is 5.56 Å². The van der Waals surface area contributed by atoms with Crippen LogP contribution in [0, 0.1) is 5.82 Å². The summed E-state index contributed by atoms with van der Waals surface area (Å²) in [5, 5.41) is 14.6. The molecule has 0 saturated heterocycles. The molecule has 4 aromatic rings. The van der Waals surface area contributed by atoms with Crippen molar-refractivity contribution in [3.63, 3.8) is 0 Å². The van der Waals surface area contributed by atoms with Gasteiger partial charge in [0.25, 0.3) is 0 Å². The van der Waals surface area contributed by atoms with Crippen molar-refractivity contribution in [2.45, 2.75) is 0 Å². The minimum Gasteiger partial charge on any atom is -0.411 e. The standard InChI is InChI=1S/C22H15FN2OS/c23-20-10-9-17(12-19(20)13-24-26)16-7-4-8-18(11-16)21-14-27-22(25-21)15-5-2-1-3-6-15/h1-14,26H/b24-13-. The third-order valence-electron chi connectivity index (χ3n) is 4.21.